The first-order chi connectivity index (χ1) is 5.79. The molecule has 0 atom stereocenters. The molecule has 0 aliphatic rings. The molecule has 0 spiro atoms. The van der Waals surface area contributed by atoms with Crippen molar-refractivity contribution in [1.82, 2.24) is 0 Å². The van der Waals surface area contributed by atoms with Crippen molar-refractivity contribution in [3.63, 3.8) is 0 Å². The second kappa shape index (κ2) is 8.50. The summed E-state index contributed by atoms with van der Waals surface area (Å²) in [5, 5.41) is 0. The largest absolute Gasteiger partial charge is 0.692 e. The van der Waals surface area contributed by atoms with E-state index in [0.29, 0.717) is 6.42 Å². The quantitative estimate of drug-likeness (QED) is 0.247. The van der Waals surface area contributed by atoms with E-state index in [9.17, 15) is 0 Å². The van der Waals surface area contributed by atoms with Crippen LogP contribution >= 0.6 is 8.25 Å². The van der Waals surface area contributed by atoms with E-state index in [0.717, 1.165) is 12.8 Å². The van der Waals surface area contributed by atoms with Crippen LogP contribution in [0.4, 0.5) is 0 Å². The zero-order valence-corrected chi connectivity index (χ0v) is 8.70. The van der Waals surface area contributed by atoms with Crippen LogP contribution in [-0.2, 0) is 4.57 Å². The average Bonchev–Trinajstić information content (AvgIpc) is 1.83. The van der Waals surface area contributed by atoms with Gasteiger partial charge in [0.1, 0.15) is 5.79 Å². The van der Waals surface area contributed by atoms with Crippen molar-refractivity contribution in [2.45, 2.75) is 38.4 Å². The first-order valence-electron chi connectivity index (χ1n) is 4.01. The fourth-order valence-corrected chi connectivity index (χ4v) is 0.681. The molecular weight excluding hydrogens is 193 g/mol. The van der Waals surface area contributed by atoms with Crippen molar-refractivity contribution < 1.29 is 14.4 Å². The fraction of sp³-hybridized carbons (Fsp3) is 1.00. The Balaban J connectivity index is 0. The zero-order valence-electron chi connectivity index (χ0n) is 7.81. The predicted octanol–water partition coefficient (Wildman–Crippen LogP) is -0.275. The molecule has 80 valence electrons. The van der Waals surface area contributed by atoms with Crippen molar-refractivity contribution in [2.24, 2.45) is 17.2 Å². The Hall–Kier alpha value is -0.100. The minimum atomic E-state index is -2.87. The van der Waals surface area contributed by atoms with E-state index in [-0.39, 0.29) is 0 Å². The van der Waals surface area contributed by atoms with Crippen LogP contribution in [0.2, 0.25) is 0 Å². The minimum Gasteiger partial charge on any atom is -0.301 e. The van der Waals surface area contributed by atoms with Crippen molar-refractivity contribution in [2.75, 3.05) is 0 Å². The summed E-state index contributed by atoms with van der Waals surface area (Å²) in [6.45, 7) is 2.13. The summed E-state index contributed by atoms with van der Waals surface area (Å²) in [5.41, 5.74) is 16.0. The van der Waals surface area contributed by atoms with Crippen LogP contribution in [-0.4, -0.2) is 15.6 Å². The molecule has 13 heavy (non-hydrogen) atoms. The summed E-state index contributed by atoms with van der Waals surface area (Å²) in [5.74, 6) is -0.949. The lowest BCUT2D eigenvalue weighted by atomic mass is 10.1. The number of unbranched alkanes of at least 4 members (excludes halogenated alkanes) is 2. The van der Waals surface area contributed by atoms with E-state index in [1.165, 1.54) is 6.42 Å². The van der Waals surface area contributed by atoms with E-state index >= 15 is 0 Å². The molecule has 0 aromatic rings. The second-order valence-electron chi connectivity index (χ2n) is 2.82. The first kappa shape index (κ1) is 15.4. The van der Waals surface area contributed by atoms with Crippen molar-refractivity contribution in [1.29, 1.82) is 0 Å². The lowest BCUT2D eigenvalue weighted by molar-refractivity contribution is 0.404. The van der Waals surface area contributed by atoms with E-state index in [1.54, 1.807) is 0 Å². The Morgan fingerprint density at radius 3 is 1.85 bits per heavy atom. The van der Waals surface area contributed by atoms with Crippen molar-refractivity contribution >= 4 is 8.25 Å². The van der Waals surface area contributed by atoms with Gasteiger partial charge < -0.3 is 17.2 Å². The van der Waals surface area contributed by atoms with Gasteiger partial charge in [-0.05, 0) is 12.8 Å². The summed E-state index contributed by atoms with van der Waals surface area (Å²) in [6.07, 6.45) is 4.07. The van der Waals surface area contributed by atoms with Gasteiger partial charge in [-0.2, -0.15) is 0 Å². The van der Waals surface area contributed by atoms with Gasteiger partial charge in [0, 0.05) is 4.57 Å². The molecule has 0 aliphatic heterocycles. The van der Waals surface area contributed by atoms with Gasteiger partial charge >= 0.3 is 8.25 Å². The Kier molecular flexibility index (Phi) is 10.0. The van der Waals surface area contributed by atoms with Crippen LogP contribution in [0.25, 0.3) is 0 Å². The van der Waals surface area contributed by atoms with Gasteiger partial charge in [0.2, 0.25) is 0 Å². The Bertz CT molecular complexity index is 134. The molecule has 0 aliphatic carbocycles. The summed E-state index contributed by atoms with van der Waals surface area (Å²) < 4.78 is 8.70. The molecule has 0 amide bonds. The maximum atomic E-state index is 8.70. The van der Waals surface area contributed by atoms with Crippen LogP contribution in [0, 0.1) is 0 Å². The summed E-state index contributed by atoms with van der Waals surface area (Å²) in [7, 11) is -2.87. The summed E-state index contributed by atoms with van der Waals surface area (Å²) in [4.78, 5) is 14.2. The van der Waals surface area contributed by atoms with Gasteiger partial charge in [-0.15, -0.1) is 9.79 Å². The fourth-order valence-electron chi connectivity index (χ4n) is 0.681. The number of nitrogens with two attached hydrogens (primary N) is 3. The monoisotopic (exact) mass is 212 g/mol. The smallest absolute Gasteiger partial charge is 0.301 e. The Labute approximate surface area is 79.1 Å². The van der Waals surface area contributed by atoms with Crippen LogP contribution in [0.5, 0.6) is 0 Å². The summed E-state index contributed by atoms with van der Waals surface area (Å²) >= 11 is 0. The molecule has 0 rings (SSSR count). The molecule has 0 saturated heterocycles. The standard InChI is InChI=1S/C6H17N3.HO3P/c1-2-3-4-5-6(7,8)9;1-4(2)3/h2-5,7-9H2,1H3;(H-,1,2,3)/p+1. The van der Waals surface area contributed by atoms with Crippen LogP contribution in [0.3, 0.4) is 0 Å². The molecule has 0 saturated carbocycles. The maximum absolute atomic E-state index is 8.70. The molecule has 0 unspecified atom stereocenters. The normalized spacial score (nSPS) is 10.3. The van der Waals surface area contributed by atoms with Gasteiger partial charge in [-0.25, -0.2) is 0 Å². The van der Waals surface area contributed by atoms with Gasteiger partial charge in [-0.1, -0.05) is 19.8 Å². The SMILES string of the molecule is CCCCCC(N)(N)N.O=[P+](O)O. The van der Waals surface area contributed by atoms with Gasteiger partial charge in [0.05, 0.1) is 0 Å². The molecule has 8 N–H and O–H groups in total. The molecular formula is C6H19N3O3P+. The second-order valence-corrected chi connectivity index (χ2v) is 3.33. The molecule has 0 aromatic heterocycles. The summed E-state index contributed by atoms with van der Waals surface area (Å²) in [6, 6.07) is 0. The third kappa shape index (κ3) is 33.5. The molecule has 6 nitrogen and oxygen atoms in total. The number of hydrogen-bond donors (Lipinski definition) is 5. The van der Waals surface area contributed by atoms with Gasteiger partial charge in [-0.3, -0.25) is 0 Å². The van der Waals surface area contributed by atoms with E-state index in [1.807, 2.05) is 0 Å². The Morgan fingerprint density at radius 2 is 1.62 bits per heavy atom. The van der Waals surface area contributed by atoms with E-state index < -0.39 is 14.0 Å². The first-order valence-corrected chi connectivity index (χ1v) is 5.17. The third-order valence-corrected chi connectivity index (χ3v) is 1.21. The predicted molar refractivity (Wildman–Crippen MR) is 51.5 cm³/mol. The van der Waals surface area contributed by atoms with Crippen LogP contribution in [0.15, 0.2) is 0 Å². The average molecular weight is 212 g/mol. The minimum absolute atomic E-state index is 0.709. The van der Waals surface area contributed by atoms with Crippen molar-refractivity contribution in [3.05, 3.63) is 0 Å². The van der Waals surface area contributed by atoms with E-state index in [4.69, 9.17) is 31.6 Å². The molecule has 7 heteroatoms. The third-order valence-electron chi connectivity index (χ3n) is 1.21. The molecule has 0 aromatic carbocycles. The molecule has 0 fully saturated rings. The topological polar surface area (TPSA) is 136 Å². The maximum Gasteiger partial charge on any atom is 0.692 e. The number of rotatable bonds is 4. The molecule has 0 heterocycles. The molecule has 0 radical (unpaired) electrons. The zero-order chi connectivity index (χ0) is 10.9. The molecule has 0 bridgehead atoms. The van der Waals surface area contributed by atoms with Gasteiger partial charge in [0.15, 0.2) is 0 Å². The highest BCUT2D eigenvalue weighted by Gasteiger charge is 2.09. The highest BCUT2D eigenvalue weighted by Crippen LogP contribution is 2.01. The Morgan fingerprint density at radius 1 is 1.23 bits per heavy atom. The van der Waals surface area contributed by atoms with Crippen LogP contribution in [0.1, 0.15) is 32.6 Å². The number of hydrogen-bond acceptors (Lipinski definition) is 4. The van der Waals surface area contributed by atoms with Crippen molar-refractivity contribution in [3.8, 4) is 0 Å². The van der Waals surface area contributed by atoms with Gasteiger partial charge in [0.25, 0.3) is 0 Å². The lowest BCUT2D eigenvalue weighted by Crippen LogP contribution is -2.57. The highest BCUT2D eigenvalue weighted by molar-refractivity contribution is 7.30. The highest BCUT2D eigenvalue weighted by atomic mass is 31.1. The lowest BCUT2D eigenvalue weighted by Gasteiger charge is -2.17. The van der Waals surface area contributed by atoms with E-state index in [2.05, 4.69) is 6.92 Å². The van der Waals surface area contributed by atoms with Crippen LogP contribution < -0.4 is 17.2 Å².